The van der Waals surface area contributed by atoms with E-state index in [9.17, 15) is 4.79 Å². The number of hydrogen-bond acceptors (Lipinski definition) is 3. The van der Waals surface area contributed by atoms with Gasteiger partial charge in [0.25, 0.3) is 0 Å². The number of ether oxygens (including phenoxy) is 1. The first-order chi connectivity index (χ1) is 9.31. The zero-order valence-corrected chi connectivity index (χ0v) is 11.0. The lowest BCUT2D eigenvalue weighted by Gasteiger charge is -2.20. The summed E-state index contributed by atoms with van der Waals surface area (Å²) in [5, 5.41) is 0. The maximum atomic E-state index is 12.6. The zero-order chi connectivity index (χ0) is 12.9. The van der Waals surface area contributed by atoms with Crippen molar-refractivity contribution in [3.05, 3.63) is 65.7 Å². The average Bonchev–Trinajstić information content (AvgIpc) is 3.20. The molecular weight excluding hydrogens is 256 g/mol. The Labute approximate surface area is 115 Å². The average molecular weight is 268 g/mol. The Morgan fingerprint density at radius 1 is 1.05 bits per heavy atom. The van der Waals surface area contributed by atoms with Crippen LogP contribution in [0.4, 0.5) is 0 Å². The van der Waals surface area contributed by atoms with Gasteiger partial charge in [-0.1, -0.05) is 48.5 Å². The SMILES string of the molecule is O=C1c2ccccc2SCC12OC2c1ccccc1. The summed E-state index contributed by atoms with van der Waals surface area (Å²) < 4.78 is 5.83. The second kappa shape index (κ2) is 3.95. The van der Waals surface area contributed by atoms with Gasteiger partial charge in [0.2, 0.25) is 0 Å². The molecule has 19 heavy (non-hydrogen) atoms. The van der Waals surface area contributed by atoms with E-state index in [0.29, 0.717) is 5.75 Å². The van der Waals surface area contributed by atoms with E-state index in [1.165, 1.54) is 0 Å². The Hall–Kier alpha value is -1.58. The van der Waals surface area contributed by atoms with E-state index < -0.39 is 5.60 Å². The predicted molar refractivity (Wildman–Crippen MR) is 74.5 cm³/mol. The van der Waals surface area contributed by atoms with Crippen LogP contribution in [0, 0.1) is 0 Å². The Balaban J connectivity index is 1.71. The van der Waals surface area contributed by atoms with Gasteiger partial charge in [-0.25, -0.2) is 0 Å². The highest BCUT2D eigenvalue weighted by Gasteiger charge is 2.64. The summed E-state index contributed by atoms with van der Waals surface area (Å²) in [5.41, 5.74) is 1.27. The molecule has 4 rings (SSSR count). The van der Waals surface area contributed by atoms with Crippen LogP contribution >= 0.6 is 11.8 Å². The second-order valence-corrected chi connectivity index (χ2v) is 5.93. The van der Waals surface area contributed by atoms with Crippen molar-refractivity contribution >= 4 is 17.5 Å². The van der Waals surface area contributed by atoms with Crippen LogP contribution in [0.15, 0.2) is 59.5 Å². The molecule has 2 nitrogen and oxygen atoms in total. The molecule has 94 valence electrons. The van der Waals surface area contributed by atoms with E-state index in [1.54, 1.807) is 11.8 Å². The molecule has 2 aliphatic rings. The standard InChI is InChI=1S/C16H12O2S/c17-14-12-8-4-5-9-13(12)19-10-16(14)15(18-16)11-6-2-1-3-7-11/h1-9,15H,10H2. The van der Waals surface area contributed by atoms with Crippen molar-refractivity contribution in [3.63, 3.8) is 0 Å². The van der Waals surface area contributed by atoms with E-state index in [-0.39, 0.29) is 11.9 Å². The van der Waals surface area contributed by atoms with Crippen molar-refractivity contribution in [2.75, 3.05) is 5.75 Å². The summed E-state index contributed by atoms with van der Waals surface area (Å²) in [7, 11) is 0. The summed E-state index contributed by atoms with van der Waals surface area (Å²) in [6.45, 7) is 0. The van der Waals surface area contributed by atoms with Crippen molar-refractivity contribution in [2.45, 2.75) is 16.6 Å². The van der Waals surface area contributed by atoms with Crippen molar-refractivity contribution in [2.24, 2.45) is 0 Å². The van der Waals surface area contributed by atoms with Crippen molar-refractivity contribution in [1.82, 2.24) is 0 Å². The van der Waals surface area contributed by atoms with Crippen LogP contribution in [-0.4, -0.2) is 17.1 Å². The fourth-order valence-corrected chi connectivity index (χ4v) is 3.89. The van der Waals surface area contributed by atoms with Crippen LogP contribution < -0.4 is 0 Å². The molecule has 2 heterocycles. The van der Waals surface area contributed by atoms with Crippen LogP contribution in [0.1, 0.15) is 22.0 Å². The number of carbonyl (C=O) groups excluding carboxylic acids is 1. The number of rotatable bonds is 1. The minimum atomic E-state index is -0.625. The first kappa shape index (κ1) is 11.3. The van der Waals surface area contributed by atoms with Gasteiger partial charge in [-0.3, -0.25) is 4.79 Å². The molecule has 2 atom stereocenters. The van der Waals surface area contributed by atoms with Gasteiger partial charge in [-0.2, -0.15) is 0 Å². The number of carbonyl (C=O) groups is 1. The molecule has 2 aromatic rings. The first-order valence-corrected chi connectivity index (χ1v) is 7.29. The summed E-state index contributed by atoms with van der Waals surface area (Å²) >= 11 is 1.71. The summed E-state index contributed by atoms with van der Waals surface area (Å²) in [4.78, 5) is 13.7. The molecule has 1 fully saturated rings. The monoisotopic (exact) mass is 268 g/mol. The molecule has 0 aromatic heterocycles. The van der Waals surface area contributed by atoms with Gasteiger partial charge in [0.05, 0.1) is 0 Å². The Bertz CT molecular complexity index is 653. The number of fused-ring (bicyclic) bond motifs is 1. The second-order valence-electron chi connectivity index (χ2n) is 4.91. The Morgan fingerprint density at radius 3 is 2.63 bits per heavy atom. The third-order valence-corrected chi connectivity index (χ3v) is 5.00. The van der Waals surface area contributed by atoms with E-state index in [2.05, 4.69) is 0 Å². The number of benzene rings is 2. The van der Waals surface area contributed by atoms with E-state index in [4.69, 9.17) is 4.74 Å². The quantitative estimate of drug-likeness (QED) is 0.742. The van der Waals surface area contributed by atoms with Crippen molar-refractivity contribution < 1.29 is 9.53 Å². The molecule has 2 aromatic carbocycles. The summed E-state index contributed by atoms with van der Waals surface area (Å²) in [6, 6.07) is 17.8. The lowest BCUT2D eigenvalue weighted by molar-refractivity contribution is 0.0885. The molecule has 0 amide bonds. The van der Waals surface area contributed by atoms with Crippen LogP contribution in [0.2, 0.25) is 0 Å². The maximum absolute atomic E-state index is 12.6. The maximum Gasteiger partial charge on any atom is 0.199 e. The van der Waals surface area contributed by atoms with Gasteiger partial charge in [0, 0.05) is 16.2 Å². The highest BCUT2D eigenvalue weighted by atomic mass is 32.2. The van der Waals surface area contributed by atoms with Crippen LogP contribution in [0.3, 0.4) is 0 Å². The molecule has 0 saturated carbocycles. The van der Waals surface area contributed by atoms with Gasteiger partial charge in [0.1, 0.15) is 6.10 Å². The van der Waals surface area contributed by atoms with Gasteiger partial charge < -0.3 is 4.74 Å². The molecule has 2 aliphatic heterocycles. The number of epoxide rings is 1. The fraction of sp³-hybridized carbons (Fsp3) is 0.188. The summed E-state index contributed by atoms with van der Waals surface area (Å²) in [5.74, 6) is 0.846. The number of Topliss-reactive ketones (excluding diaryl/α,β-unsaturated/α-hetero) is 1. The van der Waals surface area contributed by atoms with E-state index >= 15 is 0 Å². The van der Waals surface area contributed by atoms with Crippen LogP contribution in [0.5, 0.6) is 0 Å². The highest BCUT2D eigenvalue weighted by Crippen LogP contribution is 2.56. The molecule has 0 N–H and O–H groups in total. The lowest BCUT2D eigenvalue weighted by Crippen LogP contribution is -2.32. The minimum Gasteiger partial charge on any atom is -0.351 e. The van der Waals surface area contributed by atoms with Gasteiger partial charge >= 0.3 is 0 Å². The minimum absolute atomic E-state index is 0.0814. The van der Waals surface area contributed by atoms with Gasteiger partial charge in [-0.05, 0) is 11.6 Å². The molecule has 1 spiro atoms. The number of ketones is 1. The molecule has 1 saturated heterocycles. The summed E-state index contributed by atoms with van der Waals surface area (Å²) in [6.07, 6.45) is -0.0814. The topological polar surface area (TPSA) is 29.6 Å². The zero-order valence-electron chi connectivity index (χ0n) is 10.2. The normalized spacial score (nSPS) is 28.2. The molecule has 0 bridgehead atoms. The van der Waals surface area contributed by atoms with Crippen LogP contribution in [0.25, 0.3) is 0 Å². The Morgan fingerprint density at radius 2 is 1.79 bits per heavy atom. The van der Waals surface area contributed by atoms with E-state index in [0.717, 1.165) is 16.0 Å². The largest absolute Gasteiger partial charge is 0.351 e. The molecule has 2 unspecified atom stereocenters. The molecule has 0 aliphatic carbocycles. The predicted octanol–water partition coefficient (Wildman–Crippen LogP) is 3.49. The number of thioether (sulfide) groups is 1. The Kier molecular flexibility index (Phi) is 2.34. The van der Waals surface area contributed by atoms with Gasteiger partial charge in [-0.15, -0.1) is 11.8 Å². The highest BCUT2D eigenvalue weighted by molar-refractivity contribution is 7.99. The van der Waals surface area contributed by atoms with Crippen molar-refractivity contribution in [3.8, 4) is 0 Å². The lowest BCUT2D eigenvalue weighted by atomic mass is 9.92. The molecule has 0 radical (unpaired) electrons. The van der Waals surface area contributed by atoms with Crippen molar-refractivity contribution in [1.29, 1.82) is 0 Å². The van der Waals surface area contributed by atoms with E-state index in [1.807, 2.05) is 54.6 Å². The van der Waals surface area contributed by atoms with Crippen LogP contribution in [-0.2, 0) is 4.74 Å². The fourth-order valence-electron chi connectivity index (χ4n) is 2.68. The smallest absolute Gasteiger partial charge is 0.199 e. The number of hydrogen-bond donors (Lipinski definition) is 0. The third-order valence-electron chi connectivity index (χ3n) is 3.75. The van der Waals surface area contributed by atoms with Gasteiger partial charge in [0.15, 0.2) is 11.4 Å². The first-order valence-electron chi connectivity index (χ1n) is 6.31. The molecule has 3 heteroatoms. The molecular formula is C16H12O2S. The third kappa shape index (κ3) is 1.58.